The second-order valence-electron chi connectivity index (χ2n) is 4.02. The lowest BCUT2D eigenvalue weighted by molar-refractivity contribution is 0.350. The first-order chi connectivity index (χ1) is 9.19. The molecule has 3 heteroatoms. The molecule has 0 aliphatic rings. The largest absolute Gasteiger partial charge is 0.454 e. The molecule has 2 nitrogen and oxygen atoms in total. The second-order valence-corrected chi connectivity index (χ2v) is 4.02. The van der Waals surface area contributed by atoms with Gasteiger partial charge >= 0.3 is 0 Å². The minimum atomic E-state index is -0.396. The van der Waals surface area contributed by atoms with Crippen LogP contribution in [0.15, 0.2) is 42.5 Å². The zero-order valence-electron chi connectivity index (χ0n) is 10.5. The molecule has 2 aromatic carbocycles. The van der Waals surface area contributed by atoms with E-state index in [9.17, 15) is 4.39 Å². The lowest BCUT2D eigenvalue weighted by Gasteiger charge is -2.07. The average Bonchev–Trinajstić information content (AvgIpc) is 2.40. The molecular weight excluding hydrogens is 243 g/mol. The number of hydrogen-bond acceptors (Lipinski definition) is 2. The molecule has 2 rings (SSSR count). The van der Waals surface area contributed by atoms with E-state index < -0.39 is 5.82 Å². The highest BCUT2D eigenvalue weighted by atomic mass is 19.1. The first-order valence-electron chi connectivity index (χ1n) is 5.83. The van der Waals surface area contributed by atoms with E-state index in [0.717, 1.165) is 5.56 Å². The quantitative estimate of drug-likeness (QED) is 0.836. The van der Waals surface area contributed by atoms with Gasteiger partial charge in [0.15, 0.2) is 11.6 Å². The first kappa shape index (κ1) is 13.1. The molecule has 0 aliphatic carbocycles. The molecule has 96 valence electrons. The molecule has 2 aromatic rings. The summed E-state index contributed by atoms with van der Waals surface area (Å²) < 4.78 is 19.1. The summed E-state index contributed by atoms with van der Waals surface area (Å²) in [5, 5.41) is 8.64. The Morgan fingerprint density at radius 3 is 2.79 bits per heavy atom. The Labute approximate surface area is 111 Å². The molecule has 0 atom stereocenters. The van der Waals surface area contributed by atoms with Crippen molar-refractivity contribution in [3.63, 3.8) is 0 Å². The van der Waals surface area contributed by atoms with Crippen molar-refractivity contribution in [1.29, 1.82) is 0 Å². The van der Waals surface area contributed by atoms with E-state index in [1.54, 1.807) is 36.4 Å². The Hall–Kier alpha value is -2.31. The van der Waals surface area contributed by atoms with Crippen molar-refractivity contribution in [1.82, 2.24) is 0 Å². The summed E-state index contributed by atoms with van der Waals surface area (Å²) in [4.78, 5) is 0. The van der Waals surface area contributed by atoms with Crippen LogP contribution in [0.2, 0.25) is 0 Å². The SMILES string of the molecule is Cc1ccc(Oc2cccc(C#CCO)c2)c(F)c1. The van der Waals surface area contributed by atoms with Crippen LogP contribution < -0.4 is 4.74 Å². The van der Waals surface area contributed by atoms with Crippen LogP contribution in [0, 0.1) is 24.6 Å². The van der Waals surface area contributed by atoms with E-state index in [0.29, 0.717) is 11.3 Å². The van der Waals surface area contributed by atoms with Gasteiger partial charge in [-0.15, -0.1) is 0 Å². The predicted octanol–water partition coefficient (Wildman–Crippen LogP) is 3.27. The summed E-state index contributed by atoms with van der Waals surface area (Å²) in [5.74, 6) is 5.61. The number of halogens is 1. The van der Waals surface area contributed by atoms with Crippen LogP contribution >= 0.6 is 0 Å². The molecule has 0 unspecified atom stereocenters. The fourth-order valence-electron chi connectivity index (χ4n) is 1.59. The molecule has 0 spiro atoms. The summed E-state index contributed by atoms with van der Waals surface area (Å²) in [5.41, 5.74) is 1.55. The standard InChI is InChI=1S/C16H13FO2/c1-12-7-8-16(15(17)10-12)19-14-6-2-4-13(11-14)5-3-9-18/h2,4,6-8,10-11,18H,9H2,1H3. The molecule has 0 heterocycles. The number of aliphatic hydroxyl groups excluding tert-OH is 1. The minimum Gasteiger partial charge on any atom is -0.454 e. The Bertz CT molecular complexity index is 639. The highest BCUT2D eigenvalue weighted by Crippen LogP contribution is 2.25. The highest BCUT2D eigenvalue weighted by Gasteiger charge is 2.04. The third-order valence-electron chi connectivity index (χ3n) is 2.46. The molecule has 1 N–H and O–H groups in total. The maximum absolute atomic E-state index is 13.7. The van der Waals surface area contributed by atoms with Gasteiger partial charge in [0.25, 0.3) is 0 Å². The Morgan fingerprint density at radius 2 is 2.05 bits per heavy atom. The van der Waals surface area contributed by atoms with E-state index in [4.69, 9.17) is 9.84 Å². The second kappa shape index (κ2) is 6.03. The lowest BCUT2D eigenvalue weighted by atomic mass is 10.2. The summed E-state index contributed by atoms with van der Waals surface area (Å²) in [6.45, 7) is 1.62. The summed E-state index contributed by atoms with van der Waals surface area (Å²) in [7, 11) is 0. The van der Waals surface area contributed by atoms with Crippen molar-refractivity contribution in [2.45, 2.75) is 6.92 Å². The Balaban J connectivity index is 2.23. The maximum Gasteiger partial charge on any atom is 0.165 e. The van der Waals surface area contributed by atoms with Gasteiger partial charge in [0.2, 0.25) is 0 Å². The van der Waals surface area contributed by atoms with Crippen molar-refractivity contribution >= 4 is 0 Å². The monoisotopic (exact) mass is 256 g/mol. The maximum atomic E-state index is 13.7. The number of ether oxygens (including phenoxy) is 1. The fraction of sp³-hybridized carbons (Fsp3) is 0.125. The number of aliphatic hydroxyl groups is 1. The van der Waals surface area contributed by atoms with Gasteiger partial charge in [0, 0.05) is 5.56 Å². The molecule has 0 saturated carbocycles. The van der Waals surface area contributed by atoms with Crippen molar-refractivity contribution in [3.05, 3.63) is 59.4 Å². The van der Waals surface area contributed by atoms with Gasteiger partial charge < -0.3 is 9.84 Å². The van der Waals surface area contributed by atoms with E-state index in [1.807, 2.05) is 6.92 Å². The molecule has 0 aromatic heterocycles. The van der Waals surface area contributed by atoms with Gasteiger partial charge in [-0.25, -0.2) is 4.39 Å². The molecule has 0 aliphatic heterocycles. The topological polar surface area (TPSA) is 29.5 Å². The van der Waals surface area contributed by atoms with Crippen molar-refractivity contribution in [3.8, 4) is 23.3 Å². The van der Waals surface area contributed by atoms with Crippen LogP contribution in [0.4, 0.5) is 4.39 Å². The minimum absolute atomic E-state index is 0.179. The molecule has 0 amide bonds. The first-order valence-corrected chi connectivity index (χ1v) is 5.83. The van der Waals surface area contributed by atoms with Crippen LogP contribution in [0.25, 0.3) is 0 Å². The van der Waals surface area contributed by atoms with E-state index in [1.165, 1.54) is 6.07 Å². The lowest BCUT2D eigenvalue weighted by Crippen LogP contribution is -1.89. The molecular formula is C16H13FO2. The van der Waals surface area contributed by atoms with Crippen LogP contribution in [0.5, 0.6) is 11.5 Å². The third kappa shape index (κ3) is 3.57. The summed E-state index contributed by atoms with van der Waals surface area (Å²) in [6, 6.07) is 11.8. The zero-order chi connectivity index (χ0) is 13.7. The molecule has 19 heavy (non-hydrogen) atoms. The molecule has 0 radical (unpaired) electrons. The number of benzene rings is 2. The molecule has 0 fully saturated rings. The summed E-state index contributed by atoms with van der Waals surface area (Å²) >= 11 is 0. The van der Waals surface area contributed by atoms with Crippen LogP contribution in [-0.2, 0) is 0 Å². The van der Waals surface area contributed by atoms with E-state index >= 15 is 0 Å². The van der Waals surface area contributed by atoms with Crippen molar-refractivity contribution in [2.24, 2.45) is 0 Å². The third-order valence-corrected chi connectivity index (χ3v) is 2.46. The van der Waals surface area contributed by atoms with Gasteiger partial charge in [-0.3, -0.25) is 0 Å². The zero-order valence-corrected chi connectivity index (χ0v) is 10.5. The van der Waals surface area contributed by atoms with Crippen molar-refractivity contribution in [2.75, 3.05) is 6.61 Å². The summed E-state index contributed by atoms with van der Waals surface area (Å²) in [6.07, 6.45) is 0. The van der Waals surface area contributed by atoms with E-state index in [2.05, 4.69) is 11.8 Å². The predicted molar refractivity (Wildman–Crippen MR) is 71.6 cm³/mol. The molecule has 0 saturated heterocycles. The van der Waals surface area contributed by atoms with Gasteiger partial charge in [-0.05, 0) is 42.8 Å². The Kier molecular flexibility index (Phi) is 4.17. The smallest absolute Gasteiger partial charge is 0.165 e. The van der Waals surface area contributed by atoms with Crippen LogP contribution in [-0.4, -0.2) is 11.7 Å². The highest BCUT2D eigenvalue weighted by molar-refractivity contribution is 5.42. The Morgan fingerprint density at radius 1 is 1.21 bits per heavy atom. The van der Waals surface area contributed by atoms with E-state index in [-0.39, 0.29) is 12.4 Å². The van der Waals surface area contributed by atoms with Crippen LogP contribution in [0.1, 0.15) is 11.1 Å². The number of aryl methyl sites for hydroxylation is 1. The average molecular weight is 256 g/mol. The van der Waals surface area contributed by atoms with Gasteiger partial charge in [0.05, 0.1) is 0 Å². The normalized spacial score (nSPS) is 9.63. The van der Waals surface area contributed by atoms with Gasteiger partial charge in [-0.2, -0.15) is 0 Å². The molecule has 0 bridgehead atoms. The van der Waals surface area contributed by atoms with Crippen molar-refractivity contribution < 1.29 is 14.2 Å². The van der Waals surface area contributed by atoms with Gasteiger partial charge in [-0.1, -0.05) is 24.0 Å². The van der Waals surface area contributed by atoms with Gasteiger partial charge in [0.1, 0.15) is 12.4 Å². The fourth-order valence-corrected chi connectivity index (χ4v) is 1.59. The number of rotatable bonds is 2. The van der Waals surface area contributed by atoms with Crippen LogP contribution in [0.3, 0.4) is 0 Å². The number of hydrogen-bond donors (Lipinski definition) is 1.